The van der Waals surface area contributed by atoms with E-state index in [1.54, 1.807) is 38.3 Å². The lowest BCUT2D eigenvalue weighted by atomic mass is 9.96. The lowest BCUT2D eigenvalue weighted by molar-refractivity contribution is 0.0924. The van der Waals surface area contributed by atoms with E-state index in [0.29, 0.717) is 25.4 Å². The molecule has 37 heavy (non-hydrogen) atoms. The molecule has 8 nitrogen and oxygen atoms in total. The molecule has 8 heteroatoms. The van der Waals surface area contributed by atoms with Gasteiger partial charge < -0.3 is 24.1 Å². The Bertz CT molecular complexity index is 1260. The lowest BCUT2D eigenvalue weighted by Crippen LogP contribution is -2.30. The van der Waals surface area contributed by atoms with Crippen LogP contribution in [0.15, 0.2) is 71.5 Å². The summed E-state index contributed by atoms with van der Waals surface area (Å²) >= 11 is 0. The van der Waals surface area contributed by atoms with Crippen molar-refractivity contribution in [2.45, 2.75) is 26.5 Å². The summed E-state index contributed by atoms with van der Waals surface area (Å²) in [5, 5.41) is 10.8. The summed E-state index contributed by atoms with van der Waals surface area (Å²) in [6.07, 6.45) is 4.05. The predicted octanol–water partition coefficient (Wildman–Crippen LogP) is 4.61. The highest BCUT2D eigenvalue weighted by Gasteiger charge is 2.29. The van der Waals surface area contributed by atoms with Gasteiger partial charge in [0.1, 0.15) is 11.3 Å². The van der Waals surface area contributed by atoms with Gasteiger partial charge in [0.05, 0.1) is 41.1 Å². The second-order valence-corrected chi connectivity index (χ2v) is 8.48. The largest absolute Gasteiger partial charge is 0.503 e. The summed E-state index contributed by atoms with van der Waals surface area (Å²) in [6, 6.07) is 17.0. The van der Waals surface area contributed by atoms with Gasteiger partial charge in [-0.05, 0) is 29.7 Å². The van der Waals surface area contributed by atoms with E-state index in [4.69, 9.17) is 18.9 Å². The van der Waals surface area contributed by atoms with Crippen LogP contribution < -0.4 is 19.8 Å². The number of Topliss-reactive ketones (excluding diaryl/α,β-unsaturated/α-hetero) is 1. The number of hydrogen-bond acceptors (Lipinski definition) is 7. The van der Waals surface area contributed by atoms with Crippen LogP contribution in [0.5, 0.6) is 23.1 Å². The molecule has 0 radical (unpaired) electrons. The molecule has 0 spiro atoms. The van der Waals surface area contributed by atoms with Crippen molar-refractivity contribution in [1.82, 2.24) is 4.57 Å². The summed E-state index contributed by atoms with van der Waals surface area (Å²) in [5.74, 6) is -0.938. The zero-order chi connectivity index (χ0) is 26.8. The number of methoxy groups -OCH3 is 3. The molecule has 0 amide bonds. The minimum absolute atomic E-state index is 0.0282. The molecule has 1 N–H and O–H groups in total. The van der Waals surface area contributed by atoms with Crippen LogP contribution in [-0.2, 0) is 17.9 Å². The fourth-order valence-electron chi connectivity index (χ4n) is 3.87. The number of carbonyl (C=O) groups excluding carboxylic acids is 1. The maximum absolute atomic E-state index is 13.4. The van der Waals surface area contributed by atoms with E-state index in [1.807, 2.05) is 42.5 Å². The monoisotopic (exact) mass is 507 g/mol. The molecule has 1 aromatic heterocycles. The Morgan fingerprint density at radius 1 is 0.946 bits per heavy atom. The molecule has 0 aliphatic rings. The van der Waals surface area contributed by atoms with Gasteiger partial charge in [-0.3, -0.25) is 14.2 Å². The number of ketones is 1. The molecule has 0 fully saturated rings. The van der Waals surface area contributed by atoms with E-state index in [-0.39, 0.29) is 23.7 Å². The minimum atomic E-state index is -0.655. The number of hydrogen-bond donors (Lipinski definition) is 1. The first-order valence-electron chi connectivity index (χ1n) is 11.9. The first-order valence-corrected chi connectivity index (χ1v) is 11.9. The van der Waals surface area contributed by atoms with Gasteiger partial charge in [-0.2, -0.15) is 0 Å². The van der Waals surface area contributed by atoms with Crippen molar-refractivity contribution >= 4 is 5.78 Å². The predicted molar refractivity (Wildman–Crippen MR) is 141 cm³/mol. The average Bonchev–Trinajstić information content (AvgIpc) is 2.92. The van der Waals surface area contributed by atoms with Gasteiger partial charge in [0.25, 0.3) is 5.56 Å². The Kier molecular flexibility index (Phi) is 9.92. The molecule has 196 valence electrons. The molecule has 1 heterocycles. The van der Waals surface area contributed by atoms with Gasteiger partial charge in [-0.25, -0.2) is 0 Å². The van der Waals surface area contributed by atoms with E-state index in [2.05, 4.69) is 0 Å². The van der Waals surface area contributed by atoms with Crippen LogP contribution in [0, 0.1) is 5.92 Å². The number of aromatic nitrogens is 1. The topological polar surface area (TPSA) is 96.2 Å². The Morgan fingerprint density at radius 2 is 1.65 bits per heavy atom. The first-order chi connectivity index (χ1) is 17.9. The average molecular weight is 508 g/mol. The van der Waals surface area contributed by atoms with Crippen LogP contribution >= 0.6 is 0 Å². The highest BCUT2D eigenvalue weighted by atomic mass is 16.5. The Morgan fingerprint density at radius 3 is 2.27 bits per heavy atom. The number of nitrogens with zero attached hydrogens (tertiary/aromatic N) is 1. The van der Waals surface area contributed by atoms with Gasteiger partial charge >= 0.3 is 0 Å². The van der Waals surface area contributed by atoms with E-state index >= 15 is 0 Å². The third kappa shape index (κ3) is 6.80. The Balaban J connectivity index is 1.78. The smallest absolute Gasteiger partial charge is 0.268 e. The normalized spacial score (nSPS) is 11.9. The SMILES string of the molecule is COc1ccc(Cn2c(OC)c(OC)c(O)c(C(=O)C(C)CC=CCOCc3ccccc3)c2=O)cc1. The molecule has 0 aliphatic heterocycles. The summed E-state index contributed by atoms with van der Waals surface area (Å²) in [7, 11) is 4.28. The number of carbonyl (C=O) groups is 1. The van der Waals surface area contributed by atoms with Crippen LogP contribution in [0.1, 0.15) is 34.8 Å². The third-order valence-electron chi connectivity index (χ3n) is 5.92. The number of allylic oxidation sites excluding steroid dienone is 1. The fraction of sp³-hybridized carbons (Fsp3) is 0.310. The molecule has 0 bridgehead atoms. The summed E-state index contributed by atoms with van der Waals surface area (Å²) in [4.78, 5) is 26.7. The van der Waals surface area contributed by atoms with Crippen molar-refractivity contribution in [2.75, 3.05) is 27.9 Å². The number of rotatable bonds is 13. The molecular formula is C29H33NO7. The van der Waals surface area contributed by atoms with Crippen LogP contribution in [-0.4, -0.2) is 43.4 Å². The number of aromatic hydroxyl groups is 1. The molecule has 0 saturated heterocycles. The van der Waals surface area contributed by atoms with Crippen molar-refractivity contribution < 1.29 is 28.8 Å². The van der Waals surface area contributed by atoms with Crippen LogP contribution in [0.25, 0.3) is 0 Å². The quantitative estimate of drug-likeness (QED) is 0.205. The van der Waals surface area contributed by atoms with Crippen molar-refractivity contribution in [3.8, 4) is 23.1 Å². The Hall–Kier alpha value is -4.04. The van der Waals surface area contributed by atoms with E-state index < -0.39 is 23.0 Å². The van der Waals surface area contributed by atoms with Crippen molar-refractivity contribution in [3.05, 3.63) is 93.8 Å². The number of ether oxygens (including phenoxy) is 4. The highest BCUT2D eigenvalue weighted by Crippen LogP contribution is 2.38. The van der Waals surface area contributed by atoms with E-state index in [1.165, 1.54) is 18.8 Å². The van der Waals surface area contributed by atoms with Gasteiger partial charge in [-0.15, -0.1) is 0 Å². The Labute approximate surface area is 216 Å². The van der Waals surface area contributed by atoms with Crippen LogP contribution in [0.3, 0.4) is 0 Å². The molecule has 3 rings (SSSR count). The standard InChI is InChI=1S/C29H33NO7/c1-20(10-8-9-17-37-19-22-11-6-5-7-12-22)25(31)24-26(32)27(35-3)29(36-4)30(28(24)33)18-21-13-15-23(34-2)16-14-21/h5-9,11-16,20,32H,10,17-19H2,1-4H3. The van der Waals surface area contributed by atoms with Crippen molar-refractivity contribution in [1.29, 1.82) is 0 Å². The molecule has 0 aliphatic carbocycles. The summed E-state index contributed by atoms with van der Waals surface area (Å²) < 4.78 is 22.8. The first kappa shape index (κ1) is 27.5. The second-order valence-electron chi connectivity index (χ2n) is 8.48. The van der Waals surface area contributed by atoms with E-state index in [0.717, 1.165) is 11.1 Å². The summed E-state index contributed by atoms with van der Waals surface area (Å²) in [6.45, 7) is 2.70. The fourth-order valence-corrected chi connectivity index (χ4v) is 3.87. The van der Waals surface area contributed by atoms with Crippen LogP contribution in [0.4, 0.5) is 0 Å². The summed E-state index contributed by atoms with van der Waals surface area (Å²) in [5.41, 5.74) is 0.874. The second kappa shape index (κ2) is 13.3. The van der Waals surface area contributed by atoms with Gasteiger partial charge in [0.2, 0.25) is 11.6 Å². The lowest BCUT2D eigenvalue weighted by Gasteiger charge is -2.19. The zero-order valence-electron chi connectivity index (χ0n) is 21.6. The van der Waals surface area contributed by atoms with E-state index in [9.17, 15) is 14.7 Å². The van der Waals surface area contributed by atoms with Crippen molar-refractivity contribution in [2.24, 2.45) is 5.92 Å². The third-order valence-corrected chi connectivity index (χ3v) is 5.92. The number of benzene rings is 2. The molecule has 1 atom stereocenters. The molecule has 3 aromatic rings. The molecular weight excluding hydrogens is 474 g/mol. The maximum atomic E-state index is 13.4. The van der Waals surface area contributed by atoms with Crippen molar-refractivity contribution in [3.63, 3.8) is 0 Å². The highest BCUT2D eigenvalue weighted by molar-refractivity contribution is 6.00. The number of pyridine rings is 1. The minimum Gasteiger partial charge on any atom is -0.503 e. The van der Waals surface area contributed by atoms with Gasteiger partial charge in [0, 0.05) is 5.92 Å². The van der Waals surface area contributed by atoms with Crippen LogP contribution in [0.2, 0.25) is 0 Å². The zero-order valence-corrected chi connectivity index (χ0v) is 21.6. The molecule has 2 aromatic carbocycles. The van der Waals surface area contributed by atoms with Gasteiger partial charge in [-0.1, -0.05) is 61.5 Å². The molecule has 0 saturated carbocycles. The molecule has 1 unspecified atom stereocenters. The van der Waals surface area contributed by atoms with Gasteiger partial charge in [0.15, 0.2) is 11.5 Å². The maximum Gasteiger partial charge on any atom is 0.268 e.